The molecule has 0 radical (unpaired) electrons. The number of thiophene rings is 1. The third kappa shape index (κ3) is 3.55. The first-order valence-corrected chi connectivity index (χ1v) is 8.19. The van der Waals surface area contributed by atoms with Gasteiger partial charge in [0.25, 0.3) is 5.91 Å². The van der Waals surface area contributed by atoms with Gasteiger partial charge in [0.05, 0.1) is 30.8 Å². The van der Waals surface area contributed by atoms with Crippen LogP contribution in [0.15, 0.2) is 36.4 Å². The highest BCUT2D eigenvalue weighted by atomic mass is 32.1. The Morgan fingerprint density at radius 3 is 2.86 bits per heavy atom. The predicted octanol–water partition coefficient (Wildman–Crippen LogP) is 2.87. The van der Waals surface area contributed by atoms with Crippen LogP contribution < -0.4 is 5.32 Å². The van der Waals surface area contributed by atoms with Crippen LogP contribution in [0.1, 0.15) is 15.2 Å². The summed E-state index contributed by atoms with van der Waals surface area (Å²) in [4.78, 5) is 14.2. The number of benzene rings is 1. The molecule has 0 saturated carbocycles. The first-order valence-electron chi connectivity index (χ1n) is 7.37. The zero-order chi connectivity index (χ0) is 15.4. The van der Waals surface area contributed by atoms with Gasteiger partial charge in [-0.1, -0.05) is 30.3 Å². The van der Waals surface area contributed by atoms with E-state index in [0.29, 0.717) is 26.4 Å². The number of rotatable bonds is 4. The molecule has 1 atom stereocenters. The quantitative estimate of drug-likeness (QED) is 0.943. The number of amides is 1. The second kappa shape index (κ2) is 7.05. The molecule has 1 amide bonds. The fourth-order valence-corrected chi connectivity index (χ4v) is 3.51. The molecule has 1 aliphatic rings. The van der Waals surface area contributed by atoms with E-state index < -0.39 is 0 Å². The molecule has 0 unspecified atom stereocenters. The lowest BCUT2D eigenvalue weighted by Gasteiger charge is -2.22. The first kappa shape index (κ1) is 15.2. The van der Waals surface area contributed by atoms with E-state index in [1.807, 2.05) is 31.2 Å². The van der Waals surface area contributed by atoms with Crippen LogP contribution in [-0.4, -0.2) is 38.4 Å². The molecular formula is C17H19NO3S. The molecular weight excluding hydrogens is 298 g/mol. The Labute approximate surface area is 134 Å². The maximum absolute atomic E-state index is 12.3. The number of hydrogen-bond donors (Lipinski definition) is 1. The van der Waals surface area contributed by atoms with Crippen molar-refractivity contribution in [1.29, 1.82) is 0 Å². The van der Waals surface area contributed by atoms with Crippen molar-refractivity contribution in [2.45, 2.75) is 13.0 Å². The summed E-state index contributed by atoms with van der Waals surface area (Å²) in [6, 6.07) is 12.1. The maximum Gasteiger partial charge on any atom is 0.261 e. The van der Waals surface area contributed by atoms with E-state index in [1.54, 1.807) is 0 Å². The zero-order valence-electron chi connectivity index (χ0n) is 12.5. The summed E-state index contributed by atoms with van der Waals surface area (Å²) >= 11 is 1.52. The Bertz CT molecular complexity index is 633. The Morgan fingerprint density at radius 2 is 2.14 bits per heavy atom. The number of nitrogens with one attached hydrogen (secondary N) is 1. The van der Waals surface area contributed by atoms with Gasteiger partial charge in [-0.25, -0.2) is 0 Å². The molecule has 1 aliphatic heterocycles. The molecule has 0 spiro atoms. The van der Waals surface area contributed by atoms with Gasteiger partial charge in [-0.05, 0) is 24.1 Å². The summed E-state index contributed by atoms with van der Waals surface area (Å²) in [5, 5.41) is 2.93. The summed E-state index contributed by atoms with van der Waals surface area (Å²) in [6.07, 6.45) is -0.0487. The SMILES string of the molecule is Cc1cc(C(=O)NC[C@@H]2COCCO2)sc1-c1ccccc1. The Balaban J connectivity index is 1.66. The summed E-state index contributed by atoms with van der Waals surface area (Å²) < 4.78 is 10.9. The molecule has 22 heavy (non-hydrogen) atoms. The average Bonchev–Trinajstić information content (AvgIpc) is 2.96. The van der Waals surface area contributed by atoms with Crippen LogP contribution in [0.25, 0.3) is 10.4 Å². The van der Waals surface area contributed by atoms with Crippen LogP contribution in [0.4, 0.5) is 0 Å². The van der Waals surface area contributed by atoms with Crippen LogP contribution in [-0.2, 0) is 9.47 Å². The second-order valence-corrected chi connectivity index (χ2v) is 6.32. The normalized spacial score (nSPS) is 18.1. The van der Waals surface area contributed by atoms with Crippen molar-refractivity contribution in [2.24, 2.45) is 0 Å². The first-order chi connectivity index (χ1) is 10.7. The Hall–Kier alpha value is -1.69. The molecule has 1 saturated heterocycles. The Kier molecular flexibility index (Phi) is 4.87. The van der Waals surface area contributed by atoms with Crippen molar-refractivity contribution in [1.82, 2.24) is 5.32 Å². The van der Waals surface area contributed by atoms with Gasteiger partial charge in [0, 0.05) is 11.4 Å². The van der Waals surface area contributed by atoms with Gasteiger partial charge in [0.1, 0.15) is 0 Å². The molecule has 2 heterocycles. The van der Waals surface area contributed by atoms with Gasteiger partial charge in [-0.15, -0.1) is 11.3 Å². The second-order valence-electron chi connectivity index (χ2n) is 5.27. The van der Waals surface area contributed by atoms with Crippen molar-refractivity contribution >= 4 is 17.2 Å². The molecule has 3 rings (SSSR count). The largest absolute Gasteiger partial charge is 0.376 e. The number of ether oxygens (including phenoxy) is 2. The van der Waals surface area contributed by atoms with Crippen LogP contribution in [0.3, 0.4) is 0 Å². The number of aryl methyl sites for hydroxylation is 1. The van der Waals surface area contributed by atoms with Gasteiger partial charge in [-0.3, -0.25) is 4.79 Å². The summed E-state index contributed by atoms with van der Waals surface area (Å²) in [6.45, 7) is 4.29. The van der Waals surface area contributed by atoms with Crippen LogP contribution in [0.5, 0.6) is 0 Å². The maximum atomic E-state index is 12.3. The fraction of sp³-hybridized carbons (Fsp3) is 0.353. The van der Waals surface area contributed by atoms with Crippen molar-refractivity contribution in [2.75, 3.05) is 26.4 Å². The lowest BCUT2D eigenvalue weighted by atomic mass is 10.1. The number of carbonyl (C=O) groups excluding carboxylic acids is 1. The molecule has 2 aromatic rings. The third-order valence-electron chi connectivity index (χ3n) is 3.55. The molecule has 0 aliphatic carbocycles. The molecule has 0 bridgehead atoms. The fourth-order valence-electron chi connectivity index (χ4n) is 2.42. The smallest absolute Gasteiger partial charge is 0.261 e. The summed E-state index contributed by atoms with van der Waals surface area (Å²) in [7, 11) is 0. The van der Waals surface area contributed by atoms with Gasteiger partial charge < -0.3 is 14.8 Å². The van der Waals surface area contributed by atoms with Gasteiger partial charge in [0.15, 0.2) is 0 Å². The van der Waals surface area contributed by atoms with E-state index in [2.05, 4.69) is 17.4 Å². The van der Waals surface area contributed by atoms with Crippen molar-refractivity contribution in [3.05, 3.63) is 46.8 Å². The van der Waals surface area contributed by atoms with Crippen molar-refractivity contribution < 1.29 is 14.3 Å². The monoisotopic (exact) mass is 317 g/mol. The van der Waals surface area contributed by atoms with Crippen LogP contribution >= 0.6 is 11.3 Å². The highest BCUT2D eigenvalue weighted by molar-refractivity contribution is 7.17. The van der Waals surface area contributed by atoms with Crippen molar-refractivity contribution in [3.63, 3.8) is 0 Å². The zero-order valence-corrected chi connectivity index (χ0v) is 13.3. The molecule has 1 aromatic carbocycles. The minimum Gasteiger partial charge on any atom is -0.376 e. The molecule has 1 fully saturated rings. The Morgan fingerprint density at radius 1 is 1.32 bits per heavy atom. The van der Waals surface area contributed by atoms with E-state index in [-0.39, 0.29) is 12.0 Å². The molecule has 116 valence electrons. The van der Waals surface area contributed by atoms with E-state index in [4.69, 9.17) is 9.47 Å². The van der Waals surface area contributed by atoms with Crippen LogP contribution in [0.2, 0.25) is 0 Å². The average molecular weight is 317 g/mol. The number of hydrogen-bond acceptors (Lipinski definition) is 4. The predicted molar refractivity (Wildman–Crippen MR) is 87.4 cm³/mol. The van der Waals surface area contributed by atoms with E-state index >= 15 is 0 Å². The topological polar surface area (TPSA) is 47.6 Å². The van der Waals surface area contributed by atoms with E-state index in [9.17, 15) is 4.79 Å². The van der Waals surface area contributed by atoms with Gasteiger partial charge in [0.2, 0.25) is 0 Å². The van der Waals surface area contributed by atoms with E-state index in [1.165, 1.54) is 11.3 Å². The molecule has 4 nitrogen and oxygen atoms in total. The van der Waals surface area contributed by atoms with Crippen molar-refractivity contribution in [3.8, 4) is 10.4 Å². The van der Waals surface area contributed by atoms with E-state index in [0.717, 1.165) is 20.9 Å². The number of carbonyl (C=O) groups is 1. The molecule has 1 aromatic heterocycles. The van der Waals surface area contributed by atoms with Gasteiger partial charge >= 0.3 is 0 Å². The highest BCUT2D eigenvalue weighted by Crippen LogP contribution is 2.32. The summed E-state index contributed by atoms with van der Waals surface area (Å²) in [5.41, 5.74) is 2.27. The lowest BCUT2D eigenvalue weighted by molar-refractivity contribution is -0.0855. The highest BCUT2D eigenvalue weighted by Gasteiger charge is 2.17. The third-order valence-corrected chi connectivity index (χ3v) is 4.84. The van der Waals surface area contributed by atoms with Crippen LogP contribution in [0, 0.1) is 6.92 Å². The molecule has 1 N–H and O–H groups in total. The minimum atomic E-state index is -0.0514. The van der Waals surface area contributed by atoms with Gasteiger partial charge in [-0.2, -0.15) is 0 Å². The lowest BCUT2D eigenvalue weighted by Crippen LogP contribution is -2.39. The minimum absolute atomic E-state index is 0.0487. The standard InChI is InChI=1S/C17H19NO3S/c1-12-9-15(22-16(12)13-5-3-2-4-6-13)17(19)18-10-14-11-20-7-8-21-14/h2-6,9,14H,7-8,10-11H2,1H3,(H,18,19)/t14-/m1/s1. The summed E-state index contributed by atoms with van der Waals surface area (Å²) in [5.74, 6) is -0.0514. The molecule has 5 heteroatoms.